The molecule has 0 aromatic heterocycles. The summed E-state index contributed by atoms with van der Waals surface area (Å²) in [5.41, 5.74) is 3.01. The Morgan fingerprint density at radius 3 is 2.44 bits per heavy atom. The molecule has 1 aliphatic rings. The number of carbonyl (C=O) groups excluding carboxylic acids is 1. The molecule has 0 spiro atoms. The number of rotatable bonds is 6. The Hall–Kier alpha value is -3.49. The zero-order valence-corrected chi connectivity index (χ0v) is 21.7. The van der Waals surface area contributed by atoms with Crippen molar-refractivity contribution >= 4 is 39.4 Å². The van der Waals surface area contributed by atoms with Crippen molar-refractivity contribution < 1.29 is 27.4 Å². The summed E-state index contributed by atoms with van der Waals surface area (Å²) in [7, 11) is -2.25. The van der Waals surface area contributed by atoms with Gasteiger partial charge in [0.1, 0.15) is 5.75 Å². The van der Waals surface area contributed by atoms with Crippen LogP contribution < -0.4 is 18.5 Å². The third-order valence-electron chi connectivity index (χ3n) is 5.79. The lowest BCUT2D eigenvalue weighted by atomic mass is 10.1. The molecule has 0 N–H and O–H groups in total. The van der Waals surface area contributed by atoms with Crippen molar-refractivity contribution in [1.29, 1.82) is 0 Å². The molecule has 0 unspecified atom stereocenters. The summed E-state index contributed by atoms with van der Waals surface area (Å²) in [6, 6.07) is 14.7. The Bertz CT molecular complexity index is 1420. The first-order valence-electron chi connectivity index (χ1n) is 11.3. The van der Waals surface area contributed by atoms with Gasteiger partial charge in [-0.2, -0.15) is 0 Å². The van der Waals surface area contributed by atoms with Crippen LogP contribution in [0, 0.1) is 13.8 Å². The fourth-order valence-electron chi connectivity index (χ4n) is 3.56. The molecular weight excluding hydrogens is 502 g/mol. The molecular formula is C27H26ClNO6S. The Morgan fingerprint density at radius 1 is 1.00 bits per heavy atom. The summed E-state index contributed by atoms with van der Waals surface area (Å²) in [5, 5.41) is 0.401. The molecule has 0 bridgehead atoms. The predicted molar refractivity (Wildman–Crippen MR) is 140 cm³/mol. The van der Waals surface area contributed by atoms with Gasteiger partial charge in [-0.15, -0.1) is 0 Å². The van der Waals surface area contributed by atoms with Gasteiger partial charge in [-0.1, -0.05) is 17.7 Å². The predicted octanol–water partition coefficient (Wildman–Crippen LogP) is 5.56. The maximum absolute atomic E-state index is 13.0. The second kappa shape index (κ2) is 10.6. The average Bonchev–Trinajstić information content (AvgIpc) is 3.10. The van der Waals surface area contributed by atoms with E-state index in [-0.39, 0.29) is 10.6 Å². The second-order valence-corrected chi connectivity index (χ2v) is 10.7. The van der Waals surface area contributed by atoms with E-state index in [0.717, 1.165) is 17.5 Å². The van der Waals surface area contributed by atoms with E-state index in [9.17, 15) is 13.2 Å². The van der Waals surface area contributed by atoms with E-state index in [2.05, 4.69) is 0 Å². The van der Waals surface area contributed by atoms with Gasteiger partial charge >= 0.3 is 5.97 Å². The number of esters is 1. The van der Waals surface area contributed by atoms with E-state index in [0.29, 0.717) is 41.0 Å². The topological polar surface area (TPSA) is 82.1 Å². The lowest BCUT2D eigenvalue weighted by molar-refractivity contribution is -0.128. The van der Waals surface area contributed by atoms with Gasteiger partial charge in [0.05, 0.1) is 28.8 Å². The first-order valence-corrected chi connectivity index (χ1v) is 13.1. The standard InChI is InChI=1S/C27H26ClNO6S/c1-18-5-11-23(15-19(18)2)36(31,32)29(3)21-7-9-22(10-8-21)35-26(30)12-6-20-16-24(28)27-25(17-20)33-13-4-14-34-27/h5-12,15-17H,4,13-14H2,1-3H3/b12-6+. The van der Waals surface area contributed by atoms with E-state index in [1.807, 2.05) is 13.8 Å². The molecule has 7 nitrogen and oxygen atoms in total. The molecule has 3 aromatic rings. The van der Waals surface area contributed by atoms with Crippen LogP contribution in [0.15, 0.2) is 65.6 Å². The largest absolute Gasteiger partial charge is 0.489 e. The third kappa shape index (κ3) is 5.66. The quantitative estimate of drug-likeness (QED) is 0.237. The maximum atomic E-state index is 13.0. The molecule has 0 saturated heterocycles. The minimum atomic E-state index is -3.73. The van der Waals surface area contributed by atoms with Crippen molar-refractivity contribution in [3.8, 4) is 17.2 Å². The molecule has 0 amide bonds. The van der Waals surface area contributed by atoms with Crippen LogP contribution in [0.2, 0.25) is 5.02 Å². The number of nitrogens with zero attached hydrogens (tertiary/aromatic N) is 1. The third-order valence-corrected chi connectivity index (χ3v) is 7.85. The molecule has 1 heterocycles. The summed E-state index contributed by atoms with van der Waals surface area (Å²) in [5.74, 6) is 0.714. The number of benzene rings is 3. The fourth-order valence-corrected chi connectivity index (χ4v) is 5.11. The Labute approximate surface area is 215 Å². The van der Waals surface area contributed by atoms with Gasteiger partial charge < -0.3 is 14.2 Å². The number of hydrogen-bond donors (Lipinski definition) is 0. The lowest BCUT2D eigenvalue weighted by Crippen LogP contribution is -2.26. The highest BCUT2D eigenvalue weighted by atomic mass is 35.5. The molecule has 0 saturated carbocycles. The van der Waals surface area contributed by atoms with Crippen LogP contribution in [0.25, 0.3) is 6.08 Å². The summed E-state index contributed by atoms with van der Waals surface area (Å²) < 4.78 is 43.8. The normalized spacial score (nSPS) is 13.3. The maximum Gasteiger partial charge on any atom is 0.336 e. The molecule has 36 heavy (non-hydrogen) atoms. The van der Waals surface area contributed by atoms with Crippen molar-refractivity contribution in [2.75, 3.05) is 24.6 Å². The lowest BCUT2D eigenvalue weighted by Gasteiger charge is -2.20. The van der Waals surface area contributed by atoms with E-state index in [1.54, 1.807) is 48.5 Å². The number of carbonyl (C=O) groups is 1. The van der Waals surface area contributed by atoms with E-state index in [1.165, 1.54) is 29.6 Å². The molecule has 0 fully saturated rings. The number of ether oxygens (including phenoxy) is 3. The van der Waals surface area contributed by atoms with Gasteiger partial charge in [0.15, 0.2) is 11.5 Å². The van der Waals surface area contributed by atoms with E-state index < -0.39 is 16.0 Å². The summed E-state index contributed by atoms with van der Waals surface area (Å²) >= 11 is 6.29. The molecule has 0 radical (unpaired) electrons. The number of fused-ring (bicyclic) bond motifs is 1. The Kier molecular flexibility index (Phi) is 7.56. The molecule has 9 heteroatoms. The van der Waals surface area contributed by atoms with Crippen LogP contribution >= 0.6 is 11.6 Å². The summed E-state index contributed by atoms with van der Waals surface area (Å²) in [6.45, 7) is 4.85. The number of sulfonamides is 1. The minimum absolute atomic E-state index is 0.212. The zero-order valence-electron chi connectivity index (χ0n) is 20.2. The zero-order chi connectivity index (χ0) is 25.9. The molecule has 0 atom stereocenters. The van der Waals surface area contributed by atoms with Gasteiger partial charge in [0, 0.05) is 19.5 Å². The second-order valence-electron chi connectivity index (χ2n) is 8.35. The highest BCUT2D eigenvalue weighted by Crippen LogP contribution is 2.38. The van der Waals surface area contributed by atoms with Crippen LogP contribution in [0.4, 0.5) is 5.69 Å². The first-order chi connectivity index (χ1) is 17.1. The molecule has 0 aliphatic carbocycles. The highest BCUT2D eigenvalue weighted by Gasteiger charge is 2.22. The van der Waals surface area contributed by atoms with Gasteiger partial charge in [0.2, 0.25) is 0 Å². The number of hydrogen-bond acceptors (Lipinski definition) is 6. The van der Waals surface area contributed by atoms with E-state index >= 15 is 0 Å². The van der Waals surface area contributed by atoms with Crippen LogP contribution in [0.3, 0.4) is 0 Å². The minimum Gasteiger partial charge on any atom is -0.489 e. The fraction of sp³-hybridized carbons (Fsp3) is 0.222. The van der Waals surface area contributed by atoms with Crippen molar-refractivity contribution in [3.63, 3.8) is 0 Å². The first kappa shape index (κ1) is 25.6. The van der Waals surface area contributed by atoms with Gasteiger partial charge in [-0.25, -0.2) is 13.2 Å². The van der Waals surface area contributed by atoms with Crippen molar-refractivity contribution in [2.45, 2.75) is 25.2 Å². The van der Waals surface area contributed by atoms with Crippen molar-refractivity contribution in [1.82, 2.24) is 0 Å². The SMILES string of the molecule is Cc1ccc(S(=O)(=O)N(C)c2ccc(OC(=O)/C=C/c3cc(Cl)c4c(c3)OCCCO4)cc2)cc1C. The average molecular weight is 528 g/mol. The Balaban J connectivity index is 1.43. The van der Waals surface area contributed by atoms with Gasteiger partial charge in [-0.3, -0.25) is 4.31 Å². The van der Waals surface area contributed by atoms with Crippen molar-refractivity contribution in [2.24, 2.45) is 0 Å². The van der Waals surface area contributed by atoms with Crippen LogP contribution in [0.1, 0.15) is 23.1 Å². The number of aryl methyl sites for hydroxylation is 2. The summed E-state index contributed by atoms with van der Waals surface area (Å²) in [4.78, 5) is 12.5. The Morgan fingerprint density at radius 2 is 1.72 bits per heavy atom. The van der Waals surface area contributed by atoms with Crippen molar-refractivity contribution in [3.05, 3.63) is 82.4 Å². The smallest absolute Gasteiger partial charge is 0.336 e. The monoisotopic (exact) mass is 527 g/mol. The van der Waals surface area contributed by atoms with Crippen LogP contribution in [0.5, 0.6) is 17.2 Å². The number of anilines is 1. The molecule has 4 rings (SSSR count). The summed E-state index contributed by atoms with van der Waals surface area (Å²) in [6.07, 6.45) is 3.61. The molecule has 3 aromatic carbocycles. The molecule has 1 aliphatic heterocycles. The van der Waals surface area contributed by atoms with Crippen LogP contribution in [-0.2, 0) is 14.8 Å². The van der Waals surface area contributed by atoms with Gasteiger partial charge in [-0.05, 0) is 85.1 Å². The number of halogens is 1. The van der Waals surface area contributed by atoms with Crippen LogP contribution in [-0.4, -0.2) is 34.6 Å². The van der Waals surface area contributed by atoms with Gasteiger partial charge in [0.25, 0.3) is 10.0 Å². The highest BCUT2D eigenvalue weighted by molar-refractivity contribution is 7.92. The van der Waals surface area contributed by atoms with E-state index in [4.69, 9.17) is 25.8 Å². The molecule has 188 valence electrons.